The lowest BCUT2D eigenvalue weighted by atomic mass is 10.1. The van der Waals surface area contributed by atoms with Gasteiger partial charge in [0.2, 0.25) is 5.78 Å². The molecule has 0 unspecified atom stereocenters. The van der Waals surface area contributed by atoms with Crippen molar-refractivity contribution in [1.82, 2.24) is 0 Å². The number of halogens is 2. The van der Waals surface area contributed by atoms with Crippen LogP contribution in [0.4, 0.5) is 0 Å². The van der Waals surface area contributed by atoms with E-state index < -0.39 is 0 Å². The molecule has 1 rings (SSSR count). The fraction of sp³-hybridized carbons (Fsp3) is 0.100. The van der Waals surface area contributed by atoms with Crippen molar-refractivity contribution < 1.29 is 4.79 Å². The maximum absolute atomic E-state index is 11.3. The second kappa shape index (κ2) is 4.45. The summed E-state index contributed by atoms with van der Waals surface area (Å²) in [5.74, 6) is 4.72. The van der Waals surface area contributed by atoms with E-state index in [0.29, 0.717) is 10.6 Å². The standard InChI is InChI=1S/C10H6BrClO/c1-2-3-10(13)8-6-7(11)4-5-9(8)12/h4-6H,1H3. The van der Waals surface area contributed by atoms with Crippen LogP contribution in [0.2, 0.25) is 5.02 Å². The molecule has 0 fully saturated rings. The third-order valence-corrected chi connectivity index (χ3v) is 2.23. The van der Waals surface area contributed by atoms with Crippen LogP contribution >= 0.6 is 27.5 Å². The third-order valence-electron chi connectivity index (χ3n) is 1.41. The van der Waals surface area contributed by atoms with E-state index in [1.54, 1.807) is 25.1 Å². The first-order valence-corrected chi connectivity index (χ1v) is 4.74. The molecule has 0 heterocycles. The van der Waals surface area contributed by atoms with Crippen molar-refractivity contribution >= 4 is 33.3 Å². The summed E-state index contributed by atoms with van der Waals surface area (Å²) in [5, 5.41) is 0.427. The van der Waals surface area contributed by atoms with E-state index in [9.17, 15) is 4.79 Å². The van der Waals surface area contributed by atoms with Crippen molar-refractivity contribution in [3.05, 3.63) is 33.3 Å². The van der Waals surface area contributed by atoms with Gasteiger partial charge in [-0.05, 0) is 31.0 Å². The second-order valence-corrected chi connectivity index (χ2v) is 3.65. The van der Waals surface area contributed by atoms with Crippen LogP contribution in [0.5, 0.6) is 0 Å². The normalized spacial score (nSPS) is 8.85. The minimum absolute atomic E-state index is 0.256. The van der Waals surface area contributed by atoms with E-state index in [0.717, 1.165) is 4.47 Å². The predicted molar refractivity (Wildman–Crippen MR) is 56.9 cm³/mol. The van der Waals surface area contributed by atoms with Gasteiger partial charge in [0.05, 0.1) is 10.6 Å². The number of hydrogen-bond donors (Lipinski definition) is 0. The molecule has 0 N–H and O–H groups in total. The molecule has 1 aromatic carbocycles. The highest BCUT2D eigenvalue weighted by molar-refractivity contribution is 9.10. The van der Waals surface area contributed by atoms with Crippen molar-refractivity contribution in [2.75, 3.05) is 0 Å². The fourth-order valence-corrected chi connectivity index (χ4v) is 1.42. The Labute approximate surface area is 90.2 Å². The van der Waals surface area contributed by atoms with Gasteiger partial charge >= 0.3 is 0 Å². The number of rotatable bonds is 1. The zero-order valence-electron chi connectivity index (χ0n) is 6.90. The molecule has 3 heteroatoms. The first kappa shape index (κ1) is 10.3. The van der Waals surface area contributed by atoms with Gasteiger partial charge in [0, 0.05) is 4.47 Å². The van der Waals surface area contributed by atoms with Crippen LogP contribution in [0.1, 0.15) is 17.3 Å². The highest BCUT2D eigenvalue weighted by Gasteiger charge is 2.07. The Bertz CT molecular complexity index is 401. The molecular formula is C10H6BrClO. The molecule has 13 heavy (non-hydrogen) atoms. The minimum Gasteiger partial charge on any atom is -0.279 e. The molecule has 0 aromatic heterocycles. The van der Waals surface area contributed by atoms with Gasteiger partial charge in [-0.15, -0.1) is 0 Å². The Morgan fingerprint density at radius 2 is 2.23 bits per heavy atom. The van der Waals surface area contributed by atoms with Crippen molar-refractivity contribution in [2.45, 2.75) is 6.92 Å². The van der Waals surface area contributed by atoms with Crippen molar-refractivity contribution in [2.24, 2.45) is 0 Å². The van der Waals surface area contributed by atoms with Gasteiger partial charge < -0.3 is 0 Å². The molecule has 0 aliphatic carbocycles. The molecule has 0 spiro atoms. The third kappa shape index (κ3) is 2.58. The van der Waals surface area contributed by atoms with Crippen molar-refractivity contribution in [1.29, 1.82) is 0 Å². The summed E-state index contributed by atoms with van der Waals surface area (Å²) < 4.78 is 0.818. The van der Waals surface area contributed by atoms with Gasteiger partial charge in [0.15, 0.2) is 0 Å². The minimum atomic E-state index is -0.256. The zero-order chi connectivity index (χ0) is 9.84. The van der Waals surface area contributed by atoms with Gasteiger partial charge in [0.1, 0.15) is 0 Å². The Morgan fingerprint density at radius 3 is 2.85 bits per heavy atom. The van der Waals surface area contributed by atoms with Crippen LogP contribution in [0.3, 0.4) is 0 Å². The quantitative estimate of drug-likeness (QED) is 0.428. The van der Waals surface area contributed by atoms with Gasteiger partial charge in [-0.1, -0.05) is 33.5 Å². The lowest BCUT2D eigenvalue weighted by molar-refractivity contribution is 0.105. The summed E-state index contributed by atoms with van der Waals surface area (Å²) in [7, 11) is 0. The molecular weight excluding hydrogens is 251 g/mol. The molecule has 0 atom stereocenters. The number of Topliss-reactive ketones (excluding diaryl/α,β-unsaturated/α-hetero) is 1. The van der Waals surface area contributed by atoms with E-state index in [2.05, 4.69) is 27.8 Å². The number of carbonyl (C=O) groups excluding carboxylic acids is 1. The van der Waals surface area contributed by atoms with Crippen LogP contribution in [-0.2, 0) is 0 Å². The fourth-order valence-electron chi connectivity index (χ4n) is 0.852. The first-order chi connectivity index (χ1) is 6.15. The van der Waals surface area contributed by atoms with Gasteiger partial charge in [-0.2, -0.15) is 0 Å². The SMILES string of the molecule is CC#CC(=O)c1cc(Br)ccc1Cl. The number of carbonyl (C=O) groups is 1. The van der Waals surface area contributed by atoms with Crippen LogP contribution < -0.4 is 0 Å². The average Bonchev–Trinajstić information content (AvgIpc) is 2.09. The van der Waals surface area contributed by atoms with Gasteiger partial charge in [-0.3, -0.25) is 4.79 Å². The molecule has 0 saturated heterocycles. The maximum atomic E-state index is 11.3. The molecule has 0 amide bonds. The number of ketones is 1. The lowest BCUT2D eigenvalue weighted by Gasteiger charge is -1.98. The van der Waals surface area contributed by atoms with Crippen LogP contribution in [0, 0.1) is 11.8 Å². The Hall–Kier alpha value is -0.780. The van der Waals surface area contributed by atoms with E-state index >= 15 is 0 Å². The Morgan fingerprint density at radius 1 is 1.54 bits per heavy atom. The summed E-state index contributed by atoms with van der Waals surface area (Å²) in [6.45, 7) is 1.61. The molecule has 0 aliphatic rings. The summed E-state index contributed by atoms with van der Waals surface area (Å²) in [5.41, 5.74) is 0.436. The molecule has 0 bridgehead atoms. The molecule has 0 radical (unpaired) electrons. The molecule has 66 valence electrons. The Kier molecular flexibility index (Phi) is 3.53. The lowest BCUT2D eigenvalue weighted by Crippen LogP contribution is -1.95. The topological polar surface area (TPSA) is 17.1 Å². The summed E-state index contributed by atoms with van der Waals surface area (Å²) in [6.07, 6.45) is 0. The van der Waals surface area contributed by atoms with Crippen molar-refractivity contribution in [3.63, 3.8) is 0 Å². The molecule has 0 saturated carbocycles. The van der Waals surface area contributed by atoms with Crippen LogP contribution in [-0.4, -0.2) is 5.78 Å². The highest BCUT2D eigenvalue weighted by Crippen LogP contribution is 2.21. The Balaban J connectivity index is 3.18. The largest absolute Gasteiger partial charge is 0.279 e. The van der Waals surface area contributed by atoms with E-state index in [1.807, 2.05) is 0 Å². The van der Waals surface area contributed by atoms with Crippen molar-refractivity contribution in [3.8, 4) is 11.8 Å². The maximum Gasteiger partial charge on any atom is 0.237 e. The molecule has 1 aromatic rings. The highest BCUT2D eigenvalue weighted by atomic mass is 79.9. The predicted octanol–water partition coefficient (Wildman–Crippen LogP) is 3.31. The number of benzene rings is 1. The molecule has 0 aliphatic heterocycles. The molecule has 1 nitrogen and oxygen atoms in total. The second-order valence-electron chi connectivity index (χ2n) is 2.33. The summed E-state index contributed by atoms with van der Waals surface area (Å²) in [6, 6.07) is 5.10. The van der Waals surface area contributed by atoms with Crippen LogP contribution in [0.25, 0.3) is 0 Å². The summed E-state index contributed by atoms with van der Waals surface area (Å²) >= 11 is 9.07. The number of hydrogen-bond acceptors (Lipinski definition) is 1. The summed E-state index contributed by atoms with van der Waals surface area (Å²) in [4.78, 5) is 11.3. The zero-order valence-corrected chi connectivity index (χ0v) is 9.24. The average molecular weight is 258 g/mol. The smallest absolute Gasteiger partial charge is 0.237 e. The van der Waals surface area contributed by atoms with E-state index in [1.165, 1.54) is 0 Å². The van der Waals surface area contributed by atoms with E-state index in [4.69, 9.17) is 11.6 Å². The first-order valence-electron chi connectivity index (χ1n) is 3.57. The van der Waals surface area contributed by atoms with Gasteiger partial charge in [0.25, 0.3) is 0 Å². The van der Waals surface area contributed by atoms with Gasteiger partial charge in [-0.25, -0.2) is 0 Å². The van der Waals surface area contributed by atoms with Crippen LogP contribution in [0.15, 0.2) is 22.7 Å². The monoisotopic (exact) mass is 256 g/mol. The van der Waals surface area contributed by atoms with E-state index in [-0.39, 0.29) is 5.78 Å².